The van der Waals surface area contributed by atoms with Crippen LogP contribution in [0.1, 0.15) is 31.4 Å². The molecule has 4 heteroatoms. The van der Waals surface area contributed by atoms with Crippen molar-refractivity contribution in [2.45, 2.75) is 31.4 Å². The third-order valence-corrected chi connectivity index (χ3v) is 5.48. The van der Waals surface area contributed by atoms with Gasteiger partial charge < -0.3 is 10.1 Å². The molecule has 0 aromatic heterocycles. The van der Waals surface area contributed by atoms with Gasteiger partial charge in [0.05, 0.1) is 0 Å². The van der Waals surface area contributed by atoms with Gasteiger partial charge in [-0.3, -0.25) is 0 Å². The minimum atomic E-state index is 0.0678. The van der Waals surface area contributed by atoms with Gasteiger partial charge in [0.1, 0.15) is 11.4 Å². The summed E-state index contributed by atoms with van der Waals surface area (Å²) in [5.41, 5.74) is 1.37. The van der Waals surface area contributed by atoms with E-state index >= 15 is 0 Å². The number of hydrogen-bond acceptors (Lipinski definition) is 3. The summed E-state index contributed by atoms with van der Waals surface area (Å²) >= 11 is 5.57. The summed E-state index contributed by atoms with van der Waals surface area (Å²) in [7, 11) is 0. The SMILES string of the molecule is CCNC1CC2(CCSC2)Oc2ccc(Br)cc21. The average molecular weight is 328 g/mol. The molecule has 18 heavy (non-hydrogen) atoms. The number of rotatable bonds is 2. The first-order valence-corrected chi connectivity index (χ1v) is 8.47. The second-order valence-corrected chi connectivity index (χ2v) is 7.11. The molecule has 1 N–H and O–H groups in total. The molecule has 0 aliphatic carbocycles. The minimum Gasteiger partial charge on any atom is -0.486 e. The summed E-state index contributed by atoms with van der Waals surface area (Å²) in [5.74, 6) is 3.42. The van der Waals surface area contributed by atoms with Crippen molar-refractivity contribution in [3.8, 4) is 5.75 Å². The van der Waals surface area contributed by atoms with Crippen molar-refractivity contribution in [3.05, 3.63) is 28.2 Å². The van der Waals surface area contributed by atoms with E-state index in [1.165, 1.54) is 17.7 Å². The molecule has 1 aromatic carbocycles. The predicted molar refractivity (Wildman–Crippen MR) is 80.5 cm³/mol. The molecule has 1 aromatic rings. The number of benzene rings is 1. The predicted octanol–water partition coefficient (Wildman–Crippen LogP) is 3.76. The summed E-state index contributed by atoms with van der Waals surface area (Å²) < 4.78 is 7.46. The molecule has 1 fully saturated rings. The Labute approximate surface area is 121 Å². The largest absolute Gasteiger partial charge is 0.486 e. The molecule has 0 amide bonds. The lowest BCUT2D eigenvalue weighted by molar-refractivity contribution is 0.0555. The first-order valence-electron chi connectivity index (χ1n) is 6.52. The molecular weight excluding hydrogens is 310 g/mol. The van der Waals surface area contributed by atoms with Crippen molar-refractivity contribution in [1.29, 1.82) is 0 Å². The second-order valence-electron chi connectivity index (χ2n) is 5.08. The van der Waals surface area contributed by atoms with Crippen molar-refractivity contribution in [1.82, 2.24) is 5.32 Å². The van der Waals surface area contributed by atoms with Gasteiger partial charge in [-0.2, -0.15) is 11.8 Å². The van der Waals surface area contributed by atoms with Crippen molar-refractivity contribution in [2.24, 2.45) is 0 Å². The Morgan fingerprint density at radius 2 is 2.44 bits per heavy atom. The molecule has 3 rings (SSSR count). The van der Waals surface area contributed by atoms with Crippen molar-refractivity contribution >= 4 is 27.7 Å². The zero-order valence-corrected chi connectivity index (χ0v) is 12.9. The monoisotopic (exact) mass is 327 g/mol. The zero-order valence-electron chi connectivity index (χ0n) is 10.5. The van der Waals surface area contributed by atoms with Crippen LogP contribution in [0.5, 0.6) is 5.75 Å². The van der Waals surface area contributed by atoms with E-state index in [1.54, 1.807) is 0 Å². The summed E-state index contributed by atoms with van der Waals surface area (Å²) in [6.45, 7) is 3.17. The fourth-order valence-electron chi connectivity index (χ4n) is 2.90. The van der Waals surface area contributed by atoms with Crippen LogP contribution in [0.2, 0.25) is 0 Å². The van der Waals surface area contributed by atoms with Crippen LogP contribution in [0, 0.1) is 0 Å². The fourth-order valence-corrected chi connectivity index (χ4v) is 4.63. The third-order valence-electron chi connectivity index (χ3n) is 3.77. The molecule has 2 aliphatic rings. The fraction of sp³-hybridized carbons (Fsp3) is 0.571. The van der Waals surface area contributed by atoms with E-state index < -0.39 is 0 Å². The van der Waals surface area contributed by atoms with E-state index in [4.69, 9.17) is 4.74 Å². The highest BCUT2D eigenvalue weighted by atomic mass is 79.9. The first-order chi connectivity index (χ1) is 8.72. The van der Waals surface area contributed by atoms with Gasteiger partial charge in [-0.25, -0.2) is 0 Å². The number of fused-ring (bicyclic) bond motifs is 1. The van der Waals surface area contributed by atoms with Crippen LogP contribution < -0.4 is 10.1 Å². The quantitative estimate of drug-likeness (QED) is 0.893. The van der Waals surface area contributed by atoms with Crippen LogP contribution in [0.15, 0.2) is 22.7 Å². The molecule has 0 radical (unpaired) electrons. The molecular formula is C14H18BrNOS. The molecule has 0 bridgehead atoms. The Bertz CT molecular complexity index is 445. The van der Waals surface area contributed by atoms with E-state index in [0.717, 1.165) is 28.9 Å². The number of thioether (sulfide) groups is 1. The number of hydrogen-bond donors (Lipinski definition) is 1. The smallest absolute Gasteiger partial charge is 0.125 e. The topological polar surface area (TPSA) is 21.3 Å². The Morgan fingerprint density at radius 3 is 3.17 bits per heavy atom. The lowest BCUT2D eigenvalue weighted by Gasteiger charge is -2.40. The maximum Gasteiger partial charge on any atom is 0.125 e. The van der Waals surface area contributed by atoms with Gasteiger partial charge in [0.15, 0.2) is 0 Å². The van der Waals surface area contributed by atoms with Crippen molar-refractivity contribution in [2.75, 3.05) is 18.1 Å². The highest BCUT2D eigenvalue weighted by Gasteiger charge is 2.43. The van der Waals surface area contributed by atoms with Crippen LogP contribution in [0.25, 0.3) is 0 Å². The standard InChI is InChI=1S/C14H18BrNOS/c1-2-16-12-8-14(5-6-18-9-14)17-13-4-3-10(15)7-11(12)13/h3-4,7,12,16H,2,5-6,8-9H2,1H3. The Morgan fingerprint density at radius 1 is 1.56 bits per heavy atom. The number of halogens is 1. The van der Waals surface area contributed by atoms with E-state index in [1.807, 2.05) is 11.8 Å². The Hall–Kier alpha value is -0.190. The summed E-state index contributed by atoms with van der Waals surface area (Å²) in [6, 6.07) is 6.80. The zero-order chi connectivity index (χ0) is 12.6. The maximum absolute atomic E-state index is 6.33. The van der Waals surface area contributed by atoms with Crippen molar-refractivity contribution in [3.63, 3.8) is 0 Å². The highest BCUT2D eigenvalue weighted by Crippen LogP contribution is 2.46. The van der Waals surface area contributed by atoms with E-state index in [0.29, 0.717) is 6.04 Å². The molecule has 1 saturated heterocycles. The van der Waals surface area contributed by atoms with Gasteiger partial charge in [0.2, 0.25) is 0 Å². The molecule has 2 heterocycles. The molecule has 1 spiro atoms. The van der Waals surface area contributed by atoms with Gasteiger partial charge in [0.25, 0.3) is 0 Å². The van der Waals surface area contributed by atoms with E-state index in [-0.39, 0.29) is 5.60 Å². The van der Waals surface area contributed by atoms with Crippen molar-refractivity contribution < 1.29 is 4.74 Å². The molecule has 0 saturated carbocycles. The lowest BCUT2D eigenvalue weighted by atomic mass is 9.86. The average Bonchev–Trinajstić information content (AvgIpc) is 2.79. The maximum atomic E-state index is 6.33. The van der Waals surface area contributed by atoms with Crippen LogP contribution in [-0.2, 0) is 0 Å². The lowest BCUT2D eigenvalue weighted by Crippen LogP contribution is -2.44. The highest BCUT2D eigenvalue weighted by molar-refractivity contribution is 9.10. The molecule has 2 atom stereocenters. The molecule has 2 nitrogen and oxygen atoms in total. The Balaban J connectivity index is 1.97. The van der Waals surface area contributed by atoms with Gasteiger partial charge in [-0.05, 0) is 36.9 Å². The third kappa shape index (κ3) is 2.30. The van der Waals surface area contributed by atoms with Crippen LogP contribution in [0.3, 0.4) is 0 Å². The number of ether oxygens (including phenoxy) is 1. The first kappa shape index (κ1) is 12.8. The van der Waals surface area contributed by atoms with Gasteiger partial charge in [-0.15, -0.1) is 0 Å². The number of nitrogens with one attached hydrogen (secondary N) is 1. The minimum absolute atomic E-state index is 0.0678. The van der Waals surface area contributed by atoms with Crippen LogP contribution in [-0.4, -0.2) is 23.7 Å². The Kier molecular flexibility index (Phi) is 3.61. The van der Waals surface area contributed by atoms with Crippen LogP contribution in [0.4, 0.5) is 0 Å². The van der Waals surface area contributed by atoms with E-state index in [2.05, 4.69) is 46.4 Å². The normalized spacial score (nSPS) is 30.2. The van der Waals surface area contributed by atoms with Gasteiger partial charge in [-0.1, -0.05) is 22.9 Å². The molecule has 98 valence electrons. The summed E-state index contributed by atoms with van der Waals surface area (Å²) in [4.78, 5) is 0. The summed E-state index contributed by atoms with van der Waals surface area (Å²) in [5, 5.41) is 3.61. The van der Waals surface area contributed by atoms with Crippen LogP contribution >= 0.6 is 27.7 Å². The van der Waals surface area contributed by atoms with Gasteiger partial charge in [0, 0.05) is 28.3 Å². The second kappa shape index (κ2) is 5.06. The molecule has 2 aliphatic heterocycles. The van der Waals surface area contributed by atoms with Gasteiger partial charge >= 0.3 is 0 Å². The van der Waals surface area contributed by atoms with E-state index in [9.17, 15) is 0 Å². The molecule has 2 unspecified atom stereocenters. The summed E-state index contributed by atoms with van der Waals surface area (Å²) in [6.07, 6.45) is 2.27.